The fourth-order valence-corrected chi connectivity index (χ4v) is 9.90. The normalized spacial score (nSPS) is 13.2. The van der Waals surface area contributed by atoms with E-state index in [0.717, 1.165) is 32.1 Å². The van der Waals surface area contributed by atoms with Crippen molar-refractivity contribution in [2.45, 2.75) is 366 Å². The van der Waals surface area contributed by atoms with Gasteiger partial charge in [-0.3, -0.25) is 4.79 Å². The minimum Gasteiger partial charge on any atom is -0.394 e. The molecule has 0 saturated carbocycles. The molecule has 0 fully saturated rings. The van der Waals surface area contributed by atoms with Crippen molar-refractivity contribution in [3.63, 3.8) is 0 Å². The predicted molar refractivity (Wildman–Crippen MR) is 292 cm³/mol. The van der Waals surface area contributed by atoms with Crippen molar-refractivity contribution in [2.24, 2.45) is 0 Å². The second-order valence-corrected chi connectivity index (χ2v) is 21.3. The van der Waals surface area contributed by atoms with Gasteiger partial charge in [0.1, 0.15) is 6.10 Å². The quantitative estimate of drug-likeness (QED) is 0.0361. The summed E-state index contributed by atoms with van der Waals surface area (Å²) in [5, 5.41) is 33.5. The highest BCUT2D eigenvalue weighted by molar-refractivity contribution is 5.80. The van der Waals surface area contributed by atoms with Gasteiger partial charge in [-0.05, 0) is 38.5 Å². The van der Waals surface area contributed by atoms with Crippen LogP contribution >= 0.6 is 0 Å². The molecule has 0 aliphatic heterocycles. The lowest BCUT2D eigenvalue weighted by Gasteiger charge is -2.23. The van der Waals surface area contributed by atoms with Crippen LogP contribution in [0.2, 0.25) is 0 Å². The maximum absolute atomic E-state index is 12.6. The van der Waals surface area contributed by atoms with Gasteiger partial charge in [0, 0.05) is 0 Å². The number of aliphatic hydroxyl groups excluding tert-OH is 3. The monoisotopic (exact) mass is 932 g/mol. The predicted octanol–water partition coefficient (Wildman–Crippen LogP) is 19.1. The number of nitrogens with one attached hydrogen (secondary N) is 1. The molecule has 0 spiro atoms. The molecule has 5 nitrogen and oxygen atoms in total. The maximum Gasteiger partial charge on any atom is 0.249 e. The molecule has 0 bridgehead atoms. The average Bonchev–Trinajstić information content (AvgIpc) is 3.32. The Morgan fingerprint density at radius 1 is 0.348 bits per heavy atom. The molecule has 0 radical (unpaired) electrons. The summed E-state index contributed by atoms with van der Waals surface area (Å²) in [4.78, 5) is 12.6. The molecule has 0 aromatic heterocycles. The minimum atomic E-state index is -1.07. The first-order valence-electron chi connectivity index (χ1n) is 30.5. The van der Waals surface area contributed by atoms with Gasteiger partial charge in [-0.25, -0.2) is 0 Å². The highest BCUT2D eigenvalue weighted by atomic mass is 16.3. The third kappa shape index (κ3) is 51.0. The van der Waals surface area contributed by atoms with Crippen LogP contribution in [0.3, 0.4) is 0 Å². The van der Waals surface area contributed by atoms with Crippen LogP contribution in [0.25, 0.3) is 0 Å². The molecule has 0 aromatic rings. The van der Waals surface area contributed by atoms with Gasteiger partial charge in [-0.15, -0.1) is 0 Å². The van der Waals surface area contributed by atoms with Gasteiger partial charge in [0.15, 0.2) is 0 Å². The highest BCUT2D eigenvalue weighted by Crippen LogP contribution is 2.18. The number of amides is 1. The lowest BCUT2D eigenvalue weighted by molar-refractivity contribution is -0.131. The van der Waals surface area contributed by atoms with Gasteiger partial charge in [-0.2, -0.15) is 0 Å². The zero-order chi connectivity index (χ0) is 47.9. The van der Waals surface area contributed by atoms with Gasteiger partial charge >= 0.3 is 0 Å². The van der Waals surface area contributed by atoms with E-state index in [2.05, 4.69) is 31.3 Å². The molecule has 66 heavy (non-hydrogen) atoms. The molecule has 5 heteroatoms. The summed E-state index contributed by atoms with van der Waals surface area (Å²) in [6, 6.07) is -0.709. The van der Waals surface area contributed by atoms with Crippen LogP contribution in [-0.4, -0.2) is 46.1 Å². The Kier molecular flexibility index (Phi) is 55.9. The molecule has 1 amide bonds. The first-order chi connectivity index (χ1) is 32.6. The molecule has 3 unspecified atom stereocenters. The van der Waals surface area contributed by atoms with Crippen molar-refractivity contribution < 1.29 is 20.1 Å². The van der Waals surface area contributed by atoms with E-state index in [1.54, 1.807) is 0 Å². The van der Waals surface area contributed by atoms with Crippen LogP contribution in [0, 0.1) is 0 Å². The Bertz CT molecular complexity index is 940. The lowest BCUT2D eigenvalue weighted by Crippen LogP contribution is -2.49. The first-order valence-corrected chi connectivity index (χ1v) is 30.5. The van der Waals surface area contributed by atoms with Crippen molar-refractivity contribution in [2.75, 3.05) is 6.61 Å². The van der Waals surface area contributed by atoms with Crippen molar-refractivity contribution >= 4 is 5.91 Å². The Morgan fingerprint density at radius 3 is 0.833 bits per heavy atom. The number of carbonyl (C=O) groups excluding carboxylic acids is 1. The Labute approximate surface area is 414 Å². The Hall–Kier alpha value is -0.910. The van der Waals surface area contributed by atoms with E-state index in [0.29, 0.717) is 12.8 Å². The summed E-state index contributed by atoms with van der Waals surface area (Å²) in [6.07, 6.45) is 71.5. The zero-order valence-electron chi connectivity index (χ0n) is 45.1. The summed E-state index contributed by atoms with van der Waals surface area (Å²) in [5.74, 6) is -0.464. The molecule has 0 aliphatic carbocycles. The third-order valence-electron chi connectivity index (χ3n) is 14.6. The van der Waals surface area contributed by atoms with Crippen molar-refractivity contribution in [1.82, 2.24) is 5.32 Å². The largest absolute Gasteiger partial charge is 0.394 e. The molecule has 0 aliphatic rings. The summed E-state index contributed by atoms with van der Waals surface area (Å²) in [5.41, 5.74) is 0. The summed E-state index contributed by atoms with van der Waals surface area (Å²) in [7, 11) is 0. The lowest BCUT2D eigenvalue weighted by atomic mass is 10.0. The number of hydrogen-bond donors (Lipinski definition) is 4. The van der Waals surface area contributed by atoms with Gasteiger partial charge < -0.3 is 20.6 Å². The smallest absolute Gasteiger partial charge is 0.249 e. The second kappa shape index (κ2) is 56.7. The molecule has 0 heterocycles. The van der Waals surface area contributed by atoms with E-state index < -0.39 is 24.2 Å². The second-order valence-electron chi connectivity index (χ2n) is 21.3. The number of allylic oxidation sites excluding steroid dienone is 2. The van der Waals surface area contributed by atoms with E-state index in [1.807, 2.05) is 0 Å². The maximum atomic E-state index is 12.6. The highest BCUT2D eigenvalue weighted by Gasteiger charge is 2.23. The summed E-state index contributed by atoms with van der Waals surface area (Å²) < 4.78 is 0. The molecule has 394 valence electrons. The number of carbonyl (C=O) groups is 1. The van der Waals surface area contributed by atoms with Crippen LogP contribution in [0.5, 0.6) is 0 Å². The SMILES string of the molecule is CCCCCCCCCCCCCCCCCC/C=C\CCCCCCCCCCCCCCCCCCC(O)C(=O)NC(CO)C(O)CCCCCCCCCCCCCCCCCC. The van der Waals surface area contributed by atoms with Crippen LogP contribution < -0.4 is 5.32 Å². The summed E-state index contributed by atoms with van der Waals surface area (Å²) in [6.45, 7) is 4.27. The van der Waals surface area contributed by atoms with Crippen LogP contribution in [-0.2, 0) is 4.79 Å². The average molecular weight is 933 g/mol. The molecule has 0 aromatic carbocycles. The number of rotatable bonds is 57. The van der Waals surface area contributed by atoms with Gasteiger partial charge in [-0.1, -0.05) is 321 Å². The van der Waals surface area contributed by atoms with Crippen LogP contribution in [0.1, 0.15) is 348 Å². The van der Waals surface area contributed by atoms with E-state index in [4.69, 9.17) is 0 Å². The fraction of sp³-hybridized carbons (Fsp3) is 0.951. The molecule has 3 atom stereocenters. The summed E-state index contributed by atoms with van der Waals surface area (Å²) >= 11 is 0. The van der Waals surface area contributed by atoms with E-state index in [-0.39, 0.29) is 6.61 Å². The molecule has 0 rings (SSSR count). The van der Waals surface area contributed by atoms with Crippen molar-refractivity contribution in [1.29, 1.82) is 0 Å². The zero-order valence-corrected chi connectivity index (χ0v) is 45.1. The fourth-order valence-electron chi connectivity index (χ4n) is 9.90. The van der Waals surface area contributed by atoms with Crippen LogP contribution in [0.4, 0.5) is 0 Å². The topological polar surface area (TPSA) is 89.8 Å². The number of hydrogen-bond acceptors (Lipinski definition) is 4. The Morgan fingerprint density at radius 2 is 0.576 bits per heavy atom. The molecule has 0 saturated heterocycles. The molecular weight excluding hydrogens is 811 g/mol. The van der Waals surface area contributed by atoms with Crippen LogP contribution in [0.15, 0.2) is 12.2 Å². The molecule has 4 N–H and O–H groups in total. The van der Waals surface area contributed by atoms with Gasteiger partial charge in [0.2, 0.25) is 5.91 Å². The van der Waals surface area contributed by atoms with Gasteiger partial charge in [0.05, 0.1) is 18.8 Å². The number of aliphatic hydroxyl groups is 3. The van der Waals surface area contributed by atoms with Gasteiger partial charge in [0.25, 0.3) is 0 Å². The first kappa shape index (κ1) is 65.1. The van der Waals surface area contributed by atoms with E-state index in [1.165, 1.54) is 289 Å². The number of unbranched alkanes of at least 4 members (excludes halogenated alkanes) is 47. The van der Waals surface area contributed by atoms with E-state index >= 15 is 0 Å². The van der Waals surface area contributed by atoms with Crippen molar-refractivity contribution in [3.05, 3.63) is 12.2 Å². The van der Waals surface area contributed by atoms with E-state index in [9.17, 15) is 20.1 Å². The van der Waals surface area contributed by atoms with Crippen molar-refractivity contribution in [3.8, 4) is 0 Å². The minimum absolute atomic E-state index is 0.309. The standard InChI is InChI=1S/C61H121NO4/c1-3-5-7-9-11-13-15-17-19-21-22-23-24-25-26-27-28-29-30-31-32-33-34-35-36-37-38-39-40-42-44-46-48-50-52-54-56-60(65)61(66)62-58(57-63)59(64)55-53-51-49-47-45-43-41-20-18-16-14-12-10-8-6-4-2/h29-30,58-60,63-65H,3-28,31-57H2,1-2H3,(H,62,66)/b30-29-. The third-order valence-corrected chi connectivity index (χ3v) is 14.6. The Balaban J connectivity index is 3.44. The molecular formula is C61H121NO4.